The number of aromatic nitrogens is 4. The average Bonchev–Trinajstić information content (AvgIpc) is 3.11. The first-order valence-corrected chi connectivity index (χ1v) is 14.6. The topological polar surface area (TPSA) is 51.6 Å². The number of rotatable bonds is 5. The molecule has 0 aliphatic heterocycles. The first kappa shape index (κ1) is 25.7. The summed E-state index contributed by atoms with van der Waals surface area (Å²) in [5.74, 6) is 1.97. The summed E-state index contributed by atoms with van der Waals surface area (Å²) in [4.78, 5) is 19.3. The second-order valence-electron chi connectivity index (χ2n) is 10.8. The van der Waals surface area contributed by atoms with Crippen LogP contribution in [0.3, 0.4) is 0 Å². The Morgan fingerprint density at radius 2 is 0.864 bits per heavy atom. The second kappa shape index (κ2) is 11.0. The van der Waals surface area contributed by atoms with E-state index in [0.29, 0.717) is 17.5 Å². The lowest BCUT2D eigenvalue weighted by molar-refractivity contribution is 1.07. The Morgan fingerprint density at radius 3 is 1.55 bits per heavy atom. The van der Waals surface area contributed by atoms with Crippen molar-refractivity contribution in [2.45, 2.75) is 0 Å². The third kappa shape index (κ3) is 4.89. The van der Waals surface area contributed by atoms with E-state index < -0.39 is 0 Å². The number of fused-ring (bicyclic) bond motifs is 2. The predicted molar refractivity (Wildman–Crippen MR) is 180 cm³/mol. The summed E-state index contributed by atoms with van der Waals surface area (Å²) in [5.41, 5.74) is 8.49. The number of pyridine rings is 1. The van der Waals surface area contributed by atoms with Crippen LogP contribution >= 0.6 is 0 Å². The molecule has 44 heavy (non-hydrogen) atoms. The zero-order valence-corrected chi connectivity index (χ0v) is 23.8. The molecule has 8 aromatic rings. The van der Waals surface area contributed by atoms with Crippen LogP contribution < -0.4 is 0 Å². The van der Waals surface area contributed by atoms with Crippen LogP contribution in [0.2, 0.25) is 0 Å². The van der Waals surface area contributed by atoms with E-state index in [0.717, 1.165) is 60.6 Å². The summed E-state index contributed by atoms with van der Waals surface area (Å²) in [6.45, 7) is 0. The highest BCUT2D eigenvalue weighted by atomic mass is 15.0. The summed E-state index contributed by atoms with van der Waals surface area (Å²) in [7, 11) is 0. The maximum absolute atomic E-state index is 4.92. The summed E-state index contributed by atoms with van der Waals surface area (Å²) >= 11 is 0. The van der Waals surface area contributed by atoms with E-state index in [9.17, 15) is 0 Å². The first-order valence-electron chi connectivity index (χ1n) is 14.6. The van der Waals surface area contributed by atoms with E-state index in [2.05, 4.69) is 89.9 Å². The van der Waals surface area contributed by atoms with Gasteiger partial charge in [-0.2, -0.15) is 0 Å². The predicted octanol–water partition coefficient (Wildman–Crippen LogP) is 9.91. The molecule has 0 atom stereocenters. The van der Waals surface area contributed by atoms with Gasteiger partial charge in [0.05, 0.1) is 5.52 Å². The second-order valence-corrected chi connectivity index (χ2v) is 10.8. The van der Waals surface area contributed by atoms with Crippen molar-refractivity contribution in [3.63, 3.8) is 0 Å². The minimum atomic E-state index is 0.651. The molecule has 6 aromatic carbocycles. The monoisotopic (exact) mass is 562 g/mol. The SMILES string of the molecule is c1ccc(-c2nc(-c3ccccc3)nc(-c3ccc4ccc(-c5ccc(-c6cccc7cccnc67)cc5)cc4c3)n2)cc1. The van der Waals surface area contributed by atoms with Gasteiger partial charge < -0.3 is 0 Å². The molecular formula is C40H26N4. The maximum Gasteiger partial charge on any atom is 0.164 e. The summed E-state index contributed by atoms with van der Waals surface area (Å²) in [6.07, 6.45) is 1.85. The van der Waals surface area contributed by atoms with Crippen molar-refractivity contribution >= 4 is 21.7 Å². The minimum Gasteiger partial charge on any atom is -0.256 e. The highest BCUT2D eigenvalue weighted by Gasteiger charge is 2.13. The summed E-state index contributed by atoms with van der Waals surface area (Å²) in [6, 6.07) is 52.3. The van der Waals surface area contributed by atoms with Crippen LogP contribution in [0.15, 0.2) is 158 Å². The lowest BCUT2D eigenvalue weighted by Gasteiger charge is -2.10. The van der Waals surface area contributed by atoms with Crippen LogP contribution in [0, 0.1) is 0 Å². The summed E-state index contributed by atoms with van der Waals surface area (Å²) in [5, 5.41) is 3.44. The number of hydrogen-bond donors (Lipinski definition) is 0. The quantitative estimate of drug-likeness (QED) is 0.209. The van der Waals surface area contributed by atoms with Crippen molar-refractivity contribution in [2.75, 3.05) is 0 Å². The van der Waals surface area contributed by atoms with Crippen molar-refractivity contribution < 1.29 is 0 Å². The van der Waals surface area contributed by atoms with E-state index in [-0.39, 0.29) is 0 Å². The molecule has 0 aliphatic rings. The van der Waals surface area contributed by atoms with Gasteiger partial charge >= 0.3 is 0 Å². The fraction of sp³-hybridized carbons (Fsp3) is 0. The van der Waals surface area contributed by atoms with Gasteiger partial charge in [0.1, 0.15) is 0 Å². The van der Waals surface area contributed by atoms with E-state index in [1.54, 1.807) is 0 Å². The lowest BCUT2D eigenvalue weighted by Crippen LogP contribution is -2.00. The van der Waals surface area contributed by atoms with Gasteiger partial charge in [-0.05, 0) is 45.7 Å². The normalized spacial score (nSPS) is 11.2. The van der Waals surface area contributed by atoms with Gasteiger partial charge in [-0.1, -0.05) is 133 Å². The Morgan fingerprint density at radius 1 is 0.318 bits per heavy atom. The molecule has 4 heteroatoms. The molecule has 0 saturated heterocycles. The Kier molecular flexibility index (Phi) is 6.43. The Labute approximate surface area is 255 Å². The van der Waals surface area contributed by atoms with E-state index in [1.807, 2.05) is 72.9 Å². The molecule has 0 spiro atoms. The zero-order chi connectivity index (χ0) is 29.3. The van der Waals surface area contributed by atoms with Gasteiger partial charge in [0.2, 0.25) is 0 Å². The Hall–Kier alpha value is -6.00. The number of benzene rings is 6. The molecule has 206 valence electrons. The number of nitrogens with zero attached hydrogens (tertiary/aromatic N) is 4. The van der Waals surface area contributed by atoms with Crippen LogP contribution in [0.5, 0.6) is 0 Å². The van der Waals surface area contributed by atoms with E-state index >= 15 is 0 Å². The van der Waals surface area contributed by atoms with Crippen molar-refractivity contribution in [3.8, 4) is 56.4 Å². The average molecular weight is 563 g/mol. The fourth-order valence-corrected chi connectivity index (χ4v) is 5.68. The number of para-hydroxylation sites is 1. The first-order chi connectivity index (χ1) is 21.8. The molecule has 0 bridgehead atoms. The van der Waals surface area contributed by atoms with Crippen molar-refractivity contribution in [1.29, 1.82) is 0 Å². The third-order valence-corrected chi connectivity index (χ3v) is 7.96. The van der Waals surface area contributed by atoms with E-state index in [1.165, 1.54) is 0 Å². The zero-order valence-electron chi connectivity index (χ0n) is 23.8. The molecule has 4 nitrogen and oxygen atoms in total. The molecular weight excluding hydrogens is 536 g/mol. The maximum atomic E-state index is 4.92. The Bertz CT molecular complexity index is 2200. The molecule has 2 aromatic heterocycles. The smallest absolute Gasteiger partial charge is 0.164 e. The summed E-state index contributed by atoms with van der Waals surface area (Å²) < 4.78 is 0. The van der Waals surface area contributed by atoms with Crippen LogP contribution in [0.4, 0.5) is 0 Å². The molecule has 0 fully saturated rings. The molecule has 0 amide bonds. The lowest BCUT2D eigenvalue weighted by atomic mass is 9.96. The van der Waals surface area contributed by atoms with Crippen LogP contribution in [-0.4, -0.2) is 19.9 Å². The van der Waals surface area contributed by atoms with Gasteiger partial charge in [-0.25, -0.2) is 15.0 Å². The molecule has 8 rings (SSSR count). The molecule has 0 aliphatic carbocycles. The third-order valence-electron chi connectivity index (χ3n) is 7.96. The van der Waals surface area contributed by atoms with Crippen molar-refractivity contribution in [3.05, 3.63) is 158 Å². The number of hydrogen-bond acceptors (Lipinski definition) is 4. The molecule has 0 radical (unpaired) electrons. The standard InChI is InChI=1S/C40H26N4/c1-3-9-31(10-4-1)38-42-39(32-11-5-2-6-12-32)44-40(43-38)34-23-19-28-18-22-33(25-35(28)26-34)27-16-20-29(21-17-27)36-15-7-13-30-14-8-24-41-37(30)36/h1-26H. The van der Waals surface area contributed by atoms with Gasteiger partial charge in [0.25, 0.3) is 0 Å². The Balaban J connectivity index is 1.18. The van der Waals surface area contributed by atoms with E-state index in [4.69, 9.17) is 15.0 Å². The minimum absolute atomic E-state index is 0.651. The van der Waals surface area contributed by atoms with Crippen molar-refractivity contribution in [1.82, 2.24) is 19.9 Å². The van der Waals surface area contributed by atoms with Crippen LogP contribution in [0.1, 0.15) is 0 Å². The fourth-order valence-electron chi connectivity index (χ4n) is 5.68. The highest BCUT2D eigenvalue weighted by molar-refractivity contribution is 5.94. The molecule has 0 N–H and O–H groups in total. The largest absolute Gasteiger partial charge is 0.256 e. The highest BCUT2D eigenvalue weighted by Crippen LogP contribution is 2.32. The molecule has 2 heterocycles. The molecule has 0 unspecified atom stereocenters. The van der Waals surface area contributed by atoms with Crippen molar-refractivity contribution in [2.24, 2.45) is 0 Å². The van der Waals surface area contributed by atoms with Gasteiger partial charge in [0, 0.05) is 33.8 Å². The van der Waals surface area contributed by atoms with Gasteiger partial charge in [-0.15, -0.1) is 0 Å². The van der Waals surface area contributed by atoms with Gasteiger partial charge in [0.15, 0.2) is 17.5 Å². The van der Waals surface area contributed by atoms with Gasteiger partial charge in [-0.3, -0.25) is 4.98 Å². The van der Waals surface area contributed by atoms with Crippen LogP contribution in [-0.2, 0) is 0 Å². The molecule has 0 saturated carbocycles. The van der Waals surface area contributed by atoms with Crippen LogP contribution in [0.25, 0.3) is 78.1 Å².